The summed E-state index contributed by atoms with van der Waals surface area (Å²) in [7, 11) is 2.77. The first-order valence-corrected chi connectivity index (χ1v) is 8.77. The van der Waals surface area contributed by atoms with Gasteiger partial charge in [-0.1, -0.05) is 36.0 Å². The largest absolute Gasteiger partial charge is 0.508 e. The Bertz CT molecular complexity index is 978. The van der Waals surface area contributed by atoms with Crippen molar-refractivity contribution in [3.8, 4) is 11.5 Å². The average molecular weight is 383 g/mol. The summed E-state index contributed by atoms with van der Waals surface area (Å²) in [4.78, 5) is 17.1. The molecule has 0 aliphatic carbocycles. The Balaban J connectivity index is 2.08. The third-order valence-electron chi connectivity index (χ3n) is 3.76. The predicted molar refractivity (Wildman–Crippen MR) is 105 cm³/mol. The third kappa shape index (κ3) is 3.98. The van der Waals surface area contributed by atoms with Crippen molar-refractivity contribution in [1.82, 2.24) is 0 Å². The number of ether oxygens (including phenoxy) is 2. The predicted octanol–water partition coefficient (Wildman–Crippen LogP) is 4.20. The van der Waals surface area contributed by atoms with E-state index in [9.17, 15) is 15.0 Å². The molecule has 0 atom stereocenters. The highest BCUT2D eigenvalue weighted by molar-refractivity contribution is 8.18. The van der Waals surface area contributed by atoms with Crippen molar-refractivity contribution in [2.75, 3.05) is 14.2 Å². The molecule has 138 valence electrons. The molecule has 0 aromatic heterocycles. The van der Waals surface area contributed by atoms with E-state index in [0.29, 0.717) is 26.9 Å². The number of methoxy groups -OCH3 is 2. The normalized spacial score (nSPS) is 16.8. The van der Waals surface area contributed by atoms with Crippen LogP contribution in [-0.4, -0.2) is 35.4 Å². The smallest absolute Gasteiger partial charge is 0.344 e. The zero-order valence-electron chi connectivity index (χ0n) is 14.7. The van der Waals surface area contributed by atoms with E-state index in [0.717, 1.165) is 11.8 Å². The Hall–Kier alpha value is -3.19. The highest BCUT2D eigenvalue weighted by Gasteiger charge is 2.33. The van der Waals surface area contributed by atoms with Gasteiger partial charge in [0.15, 0.2) is 0 Å². The van der Waals surface area contributed by atoms with Crippen molar-refractivity contribution >= 4 is 34.5 Å². The van der Waals surface area contributed by atoms with Crippen LogP contribution in [0.5, 0.6) is 11.5 Å². The van der Waals surface area contributed by atoms with Crippen LogP contribution in [0.3, 0.4) is 0 Å². The first-order valence-electron chi connectivity index (χ1n) is 7.96. The molecule has 0 spiro atoms. The van der Waals surface area contributed by atoms with Gasteiger partial charge in [-0.2, -0.15) is 0 Å². The standard InChI is InChI=1S/C20H17NO5S/c1-25-15-9-4-3-8-14(15)21-19-17(20(24)26-2)18(23)16(27-19)11-12-6-5-7-13(22)10-12/h3-11,22-23H,1-2H3/b16-11+,21-19?. The van der Waals surface area contributed by atoms with Crippen molar-refractivity contribution in [1.29, 1.82) is 0 Å². The lowest BCUT2D eigenvalue weighted by Crippen LogP contribution is -2.10. The molecule has 2 aromatic rings. The Morgan fingerprint density at radius 2 is 1.89 bits per heavy atom. The second-order valence-corrected chi connectivity index (χ2v) is 6.54. The van der Waals surface area contributed by atoms with E-state index >= 15 is 0 Å². The number of aliphatic hydroxyl groups is 1. The zero-order chi connectivity index (χ0) is 19.4. The molecular weight excluding hydrogens is 366 g/mol. The molecule has 2 aromatic carbocycles. The molecule has 6 nitrogen and oxygen atoms in total. The quantitative estimate of drug-likeness (QED) is 0.769. The second-order valence-electron chi connectivity index (χ2n) is 5.51. The summed E-state index contributed by atoms with van der Waals surface area (Å²) >= 11 is 1.13. The maximum Gasteiger partial charge on any atom is 0.344 e. The number of thioether (sulfide) groups is 1. The number of carbonyl (C=O) groups excluding carboxylic acids is 1. The van der Waals surface area contributed by atoms with Crippen LogP contribution in [0, 0.1) is 0 Å². The number of rotatable bonds is 4. The van der Waals surface area contributed by atoms with Crippen LogP contribution in [0.1, 0.15) is 5.56 Å². The fourth-order valence-corrected chi connectivity index (χ4v) is 3.52. The summed E-state index contributed by atoms with van der Waals surface area (Å²) in [5.41, 5.74) is 1.18. The lowest BCUT2D eigenvalue weighted by Gasteiger charge is -2.05. The SMILES string of the molecule is COC(=O)C1=C(O)/C(=C\c2cccc(O)c2)SC1=Nc1ccccc1OC. The van der Waals surface area contributed by atoms with Gasteiger partial charge in [-0.15, -0.1) is 0 Å². The van der Waals surface area contributed by atoms with Crippen LogP contribution in [0.15, 0.2) is 69.8 Å². The molecule has 0 unspecified atom stereocenters. The summed E-state index contributed by atoms with van der Waals surface area (Å²) in [5.74, 6) is -0.261. The van der Waals surface area contributed by atoms with Gasteiger partial charge in [0, 0.05) is 0 Å². The number of aliphatic imine (C=N–C) groups is 1. The number of carbonyl (C=O) groups is 1. The van der Waals surface area contributed by atoms with Gasteiger partial charge in [0.2, 0.25) is 0 Å². The van der Waals surface area contributed by atoms with E-state index in [1.54, 1.807) is 48.5 Å². The fourth-order valence-electron chi connectivity index (χ4n) is 2.49. The summed E-state index contributed by atoms with van der Waals surface area (Å²) in [6.07, 6.45) is 1.66. The van der Waals surface area contributed by atoms with Crippen molar-refractivity contribution < 1.29 is 24.5 Å². The molecule has 3 rings (SSSR count). The molecule has 0 saturated heterocycles. The Labute approximate surface area is 160 Å². The molecule has 0 amide bonds. The van der Waals surface area contributed by atoms with Gasteiger partial charge in [-0.25, -0.2) is 9.79 Å². The Morgan fingerprint density at radius 1 is 1.11 bits per heavy atom. The first kappa shape index (κ1) is 18.6. The number of benzene rings is 2. The second kappa shape index (κ2) is 8.01. The van der Waals surface area contributed by atoms with Gasteiger partial charge in [0.05, 0.1) is 19.1 Å². The van der Waals surface area contributed by atoms with Crippen LogP contribution in [0.4, 0.5) is 5.69 Å². The molecule has 2 N–H and O–H groups in total. The maximum atomic E-state index is 12.2. The zero-order valence-corrected chi connectivity index (χ0v) is 15.5. The van der Waals surface area contributed by atoms with E-state index in [1.165, 1.54) is 14.2 Å². The number of esters is 1. The van der Waals surface area contributed by atoms with Crippen molar-refractivity contribution in [3.63, 3.8) is 0 Å². The fraction of sp³-hybridized carbons (Fsp3) is 0.100. The van der Waals surface area contributed by atoms with Crippen molar-refractivity contribution in [2.24, 2.45) is 4.99 Å². The Kier molecular flexibility index (Phi) is 5.52. The number of phenols is 1. The number of aliphatic hydroxyl groups excluding tert-OH is 1. The highest BCUT2D eigenvalue weighted by Crippen LogP contribution is 2.41. The molecule has 7 heteroatoms. The average Bonchev–Trinajstić information content (AvgIpc) is 2.96. The minimum atomic E-state index is -0.687. The minimum absolute atomic E-state index is 0.0141. The molecule has 1 heterocycles. The summed E-state index contributed by atoms with van der Waals surface area (Å²) in [6, 6.07) is 13.7. The number of hydrogen-bond donors (Lipinski definition) is 2. The summed E-state index contributed by atoms with van der Waals surface area (Å²) < 4.78 is 10.1. The van der Waals surface area contributed by atoms with Crippen LogP contribution in [0.2, 0.25) is 0 Å². The molecular formula is C20H17NO5S. The topological polar surface area (TPSA) is 88.4 Å². The third-order valence-corrected chi connectivity index (χ3v) is 4.78. The molecule has 0 radical (unpaired) electrons. The van der Waals surface area contributed by atoms with Crippen LogP contribution in [0.25, 0.3) is 6.08 Å². The molecule has 1 aliphatic rings. The van der Waals surface area contributed by atoms with Gasteiger partial charge in [-0.05, 0) is 35.9 Å². The molecule has 0 bridgehead atoms. The van der Waals surface area contributed by atoms with Gasteiger partial charge in [0.1, 0.15) is 33.6 Å². The number of aromatic hydroxyl groups is 1. The van der Waals surface area contributed by atoms with Gasteiger partial charge in [-0.3, -0.25) is 0 Å². The molecule has 27 heavy (non-hydrogen) atoms. The maximum absolute atomic E-state index is 12.2. The molecule has 1 aliphatic heterocycles. The first-order chi connectivity index (χ1) is 13.0. The van der Waals surface area contributed by atoms with Crippen molar-refractivity contribution in [3.05, 3.63) is 70.3 Å². The number of phenolic OH excluding ortho intramolecular Hbond substituents is 1. The van der Waals surface area contributed by atoms with E-state index < -0.39 is 5.97 Å². The molecule has 0 fully saturated rings. The lowest BCUT2D eigenvalue weighted by molar-refractivity contribution is -0.135. The summed E-state index contributed by atoms with van der Waals surface area (Å²) in [6.45, 7) is 0. The van der Waals surface area contributed by atoms with Gasteiger partial charge in [0.25, 0.3) is 0 Å². The molecule has 0 saturated carbocycles. The van der Waals surface area contributed by atoms with E-state index in [-0.39, 0.29) is 17.1 Å². The van der Waals surface area contributed by atoms with Gasteiger partial charge >= 0.3 is 5.97 Å². The van der Waals surface area contributed by atoms with E-state index in [1.807, 2.05) is 6.07 Å². The van der Waals surface area contributed by atoms with Gasteiger partial charge < -0.3 is 19.7 Å². The van der Waals surface area contributed by atoms with Crippen molar-refractivity contribution in [2.45, 2.75) is 0 Å². The number of hydrogen-bond acceptors (Lipinski definition) is 7. The minimum Gasteiger partial charge on any atom is -0.508 e. The number of nitrogens with zero attached hydrogens (tertiary/aromatic N) is 1. The van der Waals surface area contributed by atoms with Crippen LogP contribution < -0.4 is 4.74 Å². The Morgan fingerprint density at radius 3 is 2.59 bits per heavy atom. The monoisotopic (exact) mass is 383 g/mol. The van der Waals surface area contributed by atoms with Crippen LogP contribution >= 0.6 is 11.8 Å². The summed E-state index contributed by atoms with van der Waals surface area (Å²) in [5, 5.41) is 20.5. The highest BCUT2D eigenvalue weighted by atomic mass is 32.2. The van der Waals surface area contributed by atoms with E-state index in [2.05, 4.69) is 4.99 Å². The lowest BCUT2D eigenvalue weighted by atomic mass is 10.1. The van der Waals surface area contributed by atoms with E-state index in [4.69, 9.17) is 9.47 Å². The number of para-hydroxylation sites is 2. The van der Waals surface area contributed by atoms with Crippen LogP contribution in [-0.2, 0) is 9.53 Å².